The van der Waals surface area contributed by atoms with E-state index in [0.29, 0.717) is 31.2 Å². The summed E-state index contributed by atoms with van der Waals surface area (Å²) in [4.78, 5) is 26.9. The van der Waals surface area contributed by atoms with E-state index >= 15 is 0 Å². The number of carbonyl (C=O) groups is 2. The molecule has 1 saturated heterocycles. The van der Waals surface area contributed by atoms with Gasteiger partial charge < -0.3 is 10.2 Å². The molecule has 0 aromatic heterocycles. The van der Waals surface area contributed by atoms with E-state index in [1.165, 1.54) is 25.7 Å². The molecule has 4 heteroatoms. The highest BCUT2D eigenvalue weighted by Gasteiger charge is 2.56. The minimum absolute atomic E-state index is 0.0285. The third-order valence-corrected chi connectivity index (χ3v) is 5.73. The Morgan fingerprint density at radius 3 is 2.35 bits per heavy atom. The molecule has 20 heavy (non-hydrogen) atoms. The highest BCUT2D eigenvalue weighted by molar-refractivity contribution is 5.93. The molecule has 2 aliphatic carbocycles. The molecule has 1 heterocycles. The molecule has 112 valence electrons. The van der Waals surface area contributed by atoms with Crippen molar-refractivity contribution in [1.29, 1.82) is 0 Å². The first-order chi connectivity index (χ1) is 9.55. The summed E-state index contributed by atoms with van der Waals surface area (Å²) in [5.74, 6) is 1.03. The number of rotatable bonds is 5. The molecule has 0 aromatic carbocycles. The molecule has 0 spiro atoms. The lowest BCUT2D eigenvalue weighted by Crippen LogP contribution is -2.57. The Balaban J connectivity index is 1.79. The van der Waals surface area contributed by atoms with Crippen LogP contribution in [0.2, 0.25) is 0 Å². The second-order valence-electron chi connectivity index (χ2n) is 6.95. The maximum Gasteiger partial charge on any atom is 0.248 e. The molecular weight excluding hydrogens is 252 g/mol. The number of hydrogen-bond acceptors (Lipinski definition) is 2. The molecule has 0 atom stereocenters. The van der Waals surface area contributed by atoms with Gasteiger partial charge in [-0.15, -0.1) is 0 Å². The third kappa shape index (κ3) is 2.23. The summed E-state index contributed by atoms with van der Waals surface area (Å²) in [7, 11) is 0. The number of amides is 2. The molecule has 0 radical (unpaired) electrons. The lowest BCUT2D eigenvalue weighted by molar-refractivity contribution is -0.140. The van der Waals surface area contributed by atoms with Crippen LogP contribution in [-0.4, -0.2) is 35.3 Å². The molecule has 1 N–H and O–H groups in total. The standard InChI is InChI=1S/C16H26N2O2/c1-3-16(4-2)14(20)18(10-7-13(19)17-16)11-15(8-9-15)12-5-6-12/h12H,3-11H2,1-2H3,(H,17,19). The number of nitrogens with one attached hydrogen (secondary N) is 1. The van der Waals surface area contributed by atoms with Crippen LogP contribution in [0, 0.1) is 11.3 Å². The largest absolute Gasteiger partial charge is 0.342 e. The Bertz CT molecular complexity index is 420. The van der Waals surface area contributed by atoms with E-state index in [1.807, 2.05) is 18.7 Å². The molecule has 3 rings (SSSR count). The summed E-state index contributed by atoms with van der Waals surface area (Å²) in [6.45, 7) is 5.48. The van der Waals surface area contributed by atoms with E-state index < -0.39 is 5.54 Å². The summed E-state index contributed by atoms with van der Waals surface area (Å²) in [6, 6.07) is 0. The van der Waals surface area contributed by atoms with Crippen molar-refractivity contribution in [2.45, 2.75) is 64.3 Å². The molecule has 4 nitrogen and oxygen atoms in total. The van der Waals surface area contributed by atoms with Gasteiger partial charge >= 0.3 is 0 Å². The summed E-state index contributed by atoms with van der Waals surface area (Å²) < 4.78 is 0. The summed E-state index contributed by atoms with van der Waals surface area (Å²) in [6.07, 6.45) is 7.04. The molecule has 3 aliphatic rings. The fraction of sp³-hybridized carbons (Fsp3) is 0.875. The lowest BCUT2D eigenvalue weighted by Gasteiger charge is -2.35. The van der Waals surface area contributed by atoms with Crippen LogP contribution in [-0.2, 0) is 9.59 Å². The Labute approximate surface area is 121 Å². The van der Waals surface area contributed by atoms with E-state index in [1.54, 1.807) is 0 Å². The van der Waals surface area contributed by atoms with Gasteiger partial charge in [-0.1, -0.05) is 13.8 Å². The average Bonchev–Trinajstić information content (AvgIpc) is 3.30. The smallest absolute Gasteiger partial charge is 0.248 e. The van der Waals surface area contributed by atoms with Gasteiger partial charge in [-0.05, 0) is 49.9 Å². The Hall–Kier alpha value is -1.06. The van der Waals surface area contributed by atoms with Crippen molar-refractivity contribution >= 4 is 11.8 Å². The quantitative estimate of drug-likeness (QED) is 0.837. The van der Waals surface area contributed by atoms with Crippen LogP contribution < -0.4 is 5.32 Å². The molecule has 3 fully saturated rings. The molecule has 2 saturated carbocycles. The normalized spacial score (nSPS) is 28.0. The first-order valence-corrected chi connectivity index (χ1v) is 8.16. The highest BCUT2D eigenvalue weighted by Crippen LogP contribution is 2.61. The second kappa shape index (κ2) is 4.74. The van der Waals surface area contributed by atoms with E-state index in [-0.39, 0.29) is 11.8 Å². The fourth-order valence-corrected chi connectivity index (χ4v) is 3.84. The van der Waals surface area contributed by atoms with Gasteiger partial charge in [0.05, 0.1) is 0 Å². The van der Waals surface area contributed by atoms with Crippen LogP contribution >= 0.6 is 0 Å². The summed E-state index contributed by atoms with van der Waals surface area (Å²) in [5.41, 5.74) is -0.247. The van der Waals surface area contributed by atoms with Gasteiger partial charge in [0.15, 0.2) is 0 Å². The number of carbonyl (C=O) groups excluding carboxylic acids is 2. The second-order valence-corrected chi connectivity index (χ2v) is 6.95. The van der Waals surface area contributed by atoms with E-state index in [0.717, 1.165) is 12.5 Å². The third-order valence-electron chi connectivity index (χ3n) is 5.73. The topological polar surface area (TPSA) is 49.4 Å². The first-order valence-electron chi connectivity index (χ1n) is 8.16. The van der Waals surface area contributed by atoms with Gasteiger partial charge in [0.2, 0.25) is 11.8 Å². The number of nitrogens with zero attached hydrogens (tertiary/aromatic N) is 1. The van der Waals surface area contributed by atoms with Gasteiger partial charge in [-0.2, -0.15) is 0 Å². The molecule has 0 aromatic rings. The molecule has 2 amide bonds. The van der Waals surface area contributed by atoms with Crippen LogP contribution in [0.5, 0.6) is 0 Å². The lowest BCUT2D eigenvalue weighted by atomic mass is 9.90. The van der Waals surface area contributed by atoms with Crippen molar-refractivity contribution in [1.82, 2.24) is 10.2 Å². The minimum Gasteiger partial charge on any atom is -0.342 e. The van der Waals surface area contributed by atoms with Crippen molar-refractivity contribution in [2.24, 2.45) is 11.3 Å². The Morgan fingerprint density at radius 2 is 1.85 bits per heavy atom. The van der Waals surface area contributed by atoms with Crippen LogP contribution in [0.15, 0.2) is 0 Å². The maximum atomic E-state index is 12.9. The molecule has 1 aliphatic heterocycles. The van der Waals surface area contributed by atoms with Crippen molar-refractivity contribution in [2.75, 3.05) is 13.1 Å². The summed E-state index contributed by atoms with van der Waals surface area (Å²) >= 11 is 0. The predicted octanol–water partition coefficient (Wildman–Crippen LogP) is 2.08. The van der Waals surface area contributed by atoms with Gasteiger partial charge in [-0.25, -0.2) is 0 Å². The predicted molar refractivity (Wildman–Crippen MR) is 77.0 cm³/mol. The SMILES string of the molecule is CCC1(CC)NC(=O)CCN(CC2(C3CC3)CC2)C1=O. The zero-order valence-corrected chi connectivity index (χ0v) is 12.7. The molecule has 0 bridgehead atoms. The Kier molecular flexibility index (Phi) is 3.30. The first kappa shape index (κ1) is 13.9. The van der Waals surface area contributed by atoms with Crippen LogP contribution in [0.4, 0.5) is 0 Å². The molecule has 0 unspecified atom stereocenters. The molecular formula is C16H26N2O2. The van der Waals surface area contributed by atoms with Crippen molar-refractivity contribution in [3.63, 3.8) is 0 Å². The number of hydrogen-bond donors (Lipinski definition) is 1. The van der Waals surface area contributed by atoms with Crippen molar-refractivity contribution in [3.05, 3.63) is 0 Å². The van der Waals surface area contributed by atoms with Gasteiger partial charge in [0.25, 0.3) is 0 Å². The van der Waals surface area contributed by atoms with Crippen molar-refractivity contribution in [3.8, 4) is 0 Å². The van der Waals surface area contributed by atoms with E-state index in [9.17, 15) is 9.59 Å². The zero-order chi connectivity index (χ0) is 14.4. The van der Waals surface area contributed by atoms with Gasteiger partial charge in [-0.3, -0.25) is 9.59 Å². The summed E-state index contributed by atoms with van der Waals surface area (Å²) in [5, 5.41) is 2.99. The van der Waals surface area contributed by atoms with E-state index in [4.69, 9.17) is 0 Å². The van der Waals surface area contributed by atoms with Crippen LogP contribution in [0.25, 0.3) is 0 Å². The monoisotopic (exact) mass is 278 g/mol. The maximum absolute atomic E-state index is 12.9. The van der Waals surface area contributed by atoms with Crippen LogP contribution in [0.1, 0.15) is 58.8 Å². The highest BCUT2D eigenvalue weighted by atomic mass is 16.2. The minimum atomic E-state index is -0.660. The van der Waals surface area contributed by atoms with E-state index in [2.05, 4.69) is 5.32 Å². The zero-order valence-electron chi connectivity index (χ0n) is 12.7. The Morgan fingerprint density at radius 1 is 1.20 bits per heavy atom. The average molecular weight is 278 g/mol. The van der Waals surface area contributed by atoms with Crippen molar-refractivity contribution < 1.29 is 9.59 Å². The van der Waals surface area contributed by atoms with Gasteiger partial charge in [0, 0.05) is 19.5 Å². The van der Waals surface area contributed by atoms with Gasteiger partial charge in [0.1, 0.15) is 5.54 Å². The fourth-order valence-electron chi connectivity index (χ4n) is 3.84. The van der Waals surface area contributed by atoms with Crippen LogP contribution in [0.3, 0.4) is 0 Å².